The molecule has 1 aromatic rings. The number of hydrogen-bond acceptors (Lipinski definition) is 6. The van der Waals surface area contributed by atoms with E-state index in [2.05, 4.69) is 19.9 Å². The van der Waals surface area contributed by atoms with Crippen molar-refractivity contribution >= 4 is 0 Å². The summed E-state index contributed by atoms with van der Waals surface area (Å²) in [4.78, 5) is 9.29. The molecule has 2 aliphatic rings. The van der Waals surface area contributed by atoms with Crippen molar-refractivity contribution in [1.82, 2.24) is 19.9 Å². The SMILES string of the molecule is NCc1nc(CN2CCC(CN3CCCC3)C2)no1. The van der Waals surface area contributed by atoms with E-state index in [1.807, 2.05) is 0 Å². The maximum absolute atomic E-state index is 5.47. The number of likely N-dealkylation sites (tertiary alicyclic amines) is 2. The largest absolute Gasteiger partial charge is 0.338 e. The quantitative estimate of drug-likeness (QED) is 0.833. The summed E-state index contributed by atoms with van der Waals surface area (Å²) in [5.41, 5.74) is 5.47. The number of nitrogens with two attached hydrogens (primary N) is 1. The summed E-state index contributed by atoms with van der Waals surface area (Å²) in [7, 11) is 0. The predicted octanol–water partition coefficient (Wildman–Crippen LogP) is 0.446. The van der Waals surface area contributed by atoms with Gasteiger partial charge in [-0.05, 0) is 44.8 Å². The number of nitrogens with zero attached hydrogens (tertiary/aromatic N) is 4. The van der Waals surface area contributed by atoms with E-state index in [0.717, 1.165) is 31.4 Å². The molecular weight excluding hydrogens is 242 g/mol. The van der Waals surface area contributed by atoms with Crippen molar-refractivity contribution in [3.8, 4) is 0 Å². The third kappa shape index (κ3) is 3.32. The van der Waals surface area contributed by atoms with Gasteiger partial charge in [-0.15, -0.1) is 0 Å². The van der Waals surface area contributed by atoms with Crippen LogP contribution in [0.4, 0.5) is 0 Å². The summed E-state index contributed by atoms with van der Waals surface area (Å²) < 4.78 is 5.04. The second kappa shape index (κ2) is 5.98. The molecule has 0 aliphatic carbocycles. The molecule has 19 heavy (non-hydrogen) atoms. The van der Waals surface area contributed by atoms with E-state index in [1.54, 1.807) is 0 Å². The first-order chi connectivity index (χ1) is 9.33. The monoisotopic (exact) mass is 265 g/mol. The van der Waals surface area contributed by atoms with Crippen LogP contribution in [0.2, 0.25) is 0 Å². The normalized spacial score (nSPS) is 25.4. The summed E-state index contributed by atoms with van der Waals surface area (Å²) in [5.74, 6) is 2.10. The Balaban J connectivity index is 1.45. The number of hydrogen-bond donors (Lipinski definition) is 1. The van der Waals surface area contributed by atoms with E-state index >= 15 is 0 Å². The lowest BCUT2D eigenvalue weighted by Gasteiger charge is -2.20. The first kappa shape index (κ1) is 13.0. The molecule has 6 heteroatoms. The lowest BCUT2D eigenvalue weighted by molar-refractivity contribution is 0.256. The maximum Gasteiger partial charge on any atom is 0.240 e. The predicted molar refractivity (Wildman–Crippen MR) is 71.2 cm³/mol. The molecule has 1 aromatic heterocycles. The fourth-order valence-electron chi connectivity index (χ4n) is 3.17. The molecule has 3 rings (SSSR count). The highest BCUT2D eigenvalue weighted by Gasteiger charge is 2.26. The average molecular weight is 265 g/mol. The first-order valence-corrected chi connectivity index (χ1v) is 7.29. The molecule has 2 fully saturated rings. The van der Waals surface area contributed by atoms with Gasteiger partial charge >= 0.3 is 0 Å². The molecule has 0 bridgehead atoms. The second-order valence-corrected chi connectivity index (χ2v) is 5.71. The zero-order chi connectivity index (χ0) is 13.1. The van der Waals surface area contributed by atoms with E-state index in [0.29, 0.717) is 12.4 Å². The van der Waals surface area contributed by atoms with E-state index in [9.17, 15) is 0 Å². The van der Waals surface area contributed by atoms with Gasteiger partial charge in [-0.3, -0.25) is 4.90 Å². The standard InChI is InChI=1S/C13H23N5O/c14-7-13-15-12(16-19-13)10-18-6-3-11(9-18)8-17-4-1-2-5-17/h11H,1-10,14H2. The van der Waals surface area contributed by atoms with Gasteiger partial charge in [0.15, 0.2) is 5.82 Å². The van der Waals surface area contributed by atoms with Crippen molar-refractivity contribution in [3.05, 3.63) is 11.7 Å². The molecule has 6 nitrogen and oxygen atoms in total. The molecule has 3 heterocycles. The zero-order valence-electron chi connectivity index (χ0n) is 11.4. The third-order valence-electron chi connectivity index (χ3n) is 4.13. The van der Waals surface area contributed by atoms with E-state index in [-0.39, 0.29) is 0 Å². The Kier molecular flexibility index (Phi) is 4.10. The van der Waals surface area contributed by atoms with Gasteiger partial charge in [0.1, 0.15) is 0 Å². The van der Waals surface area contributed by atoms with E-state index in [4.69, 9.17) is 10.3 Å². The van der Waals surface area contributed by atoms with Crippen molar-refractivity contribution in [2.45, 2.75) is 32.4 Å². The van der Waals surface area contributed by atoms with Gasteiger partial charge in [-0.1, -0.05) is 5.16 Å². The van der Waals surface area contributed by atoms with Crippen molar-refractivity contribution in [1.29, 1.82) is 0 Å². The number of aromatic nitrogens is 2. The van der Waals surface area contributed by atoms with Crippen LogP contribution in [-0.4, -0.2) is 52.7 Å². The van der Waals surface area contributed by atoms with E-state index in [1.165, 1.54) is 38.9 Å². The Labute approximate surface area is 113 Å². The molecule has 0 amide bonds. The fraction of sp³-hybridized carbons (Fsp3) is 0.846. The lowest BCUT2D eigenvalue weighted by Crippen LogP contribution is -2.29. The van der Waals surface area contributed by atoms with Gasteiger partial charge in [-0.2, -0.15) is 4.98 Å². The first-order valence-electron chi connectivity index (χ1n) is 7.29. The molecule has 1 atom stereocenters. The van der Waals surface area contributed by atoms with Crippen LogP contribution < -0.4 is 5.73 Å². The number of rotatable bonds is 5. The highest BCUT2D eigenvalue weighted by atomic mass is 16.5. The maximum atomic E-state index is 5.47. The van der Waals surface area contributed by atoms with E-state index < -0.39 is 0 Å². The molecular formula is C13H23N5O. The van der Waals surface area contributed by atoms with Gasteiger partial charge < -0.3 is 15.2 Å². The van der Waals surface area contributed by atoms with Crippen molar-refractivity contribution in [2.75, 3.05) is 32.7 Å². The van der Waals surface area contributed by atoms with Crippen molar-refractivity contribution in [3.63, 3.8) is 0 Å². The Hall–Kier alpha value is -0.980. The van der Waals surface area contributed by atoms with Crippen LogP contribution in [0.25, 0.3) is 0 Å². The lowest BCUT2D eigenvalue weighted by atomic mass is 10.1. The summed E-state index contributed by atoms with van der Waals surface area (Å²) in [6.45, 7) is 7.26. The van der Waals surface area contributed by atoms with Crippen LogP contribution in [0.5, 0.6) is 0 Å². The van der Waals surface area contributed by atoms with Gasteiger partial charge in [0.05, 0.1) is 13.1 Å². The highest BCUT2D eigenvalue weighted by Crippen LogP contribution is 2.20. The average Bonchev–Trinajstić information content (AvgIpc) is 3.13. The van der Waals surface area contributed by atoms with Crippen LogP contribution in [0, 0.1) is 5.92 Å². The van der Waals surface area contributed by atoms with Crippen LogP contribution >= 0.6 is 0 Å². The van der Waals surface area contributed by atoms with Crippen molar-refractivity contribution < 1.29 is 4.52 Å². The smallest absolute Gasteiger partial charge is 0.240 e. The van der Waals surface area contributed by atoms with Gasteiger partial charge in [0.2, 0.25) is 5.89 Å². The molecule has 0 radical (unpaired) electrons. The highest BCUT2D eigenvalue weighted by molar-refractivity contribution is 4.88. The minimum atomic E-state index is 0.324. The molecule has 106 valence electrons. The molecule has 2 N–H and O–H groups in total. The zero-order valence-corrected chi connectivity index (χ0v) is 11.4. The summed E-state index contributed by atoms with van der Waals surface area (Å²) >= 11 is 0. The molecule has 0 spiro atoms. The van der Waals surface area contributed by atoms with Crippen LogP contribution in [0.3, 0.4) is 0 Å². The molecule has 2 aliphatic heterocycles. The fourth-order valence-corrected chi connectivity index (χ4v) is 3.17. The Morgan fingerprint density at radius 2 is 2.05 bits per heavy atom. The van der Waals surface area contributed by atoms with Gasteiger partial charge in [0, 0.05) is 13.1 Å². The summed E-state index contributed by atoms with van der Waals surface area (Å²) in [6, 6.07) is 0. The Morgan fingerprint density at radius 1 is 1.21 bits per heavy atom. The molecule has 2 saturated heterocycles. The Morgan fingerprint density at radius 3 is 2.79 bits per heavy atom. The van der Waals surface area contributed by atoms with Crippen LogP contribution in [0.1, 0.15) is 31.0 Å². The second-order valence-electron chi connectivity index (χ2n) is 5.71. The summed E-state index contributed by atoms with van der Waals surface area (Å²) in [5, 5.41) is 3.96. The topological polar surface area (TPSA) is 71.4 Å². The molecule has 1 unspecified atom stereocenters. The third-order valence-corrected chi connectivity index (χ3v) is 4.13. The minimum Gasteiger partial charge on any atom is -0.338 e. The molecule has 0 aromatic carbocycles. The molecule has 0 saturated carbocycles. The van der Waals surface area contributed by atoms with Gasteiger partial charge in [-0.25, -0.2) is 0 Å². The van der Waals surface area contributed by atoms with Gasteiger partial charge in [0.25, 0.3) is 0 Å². The van der Waals surface area contributed by atoms with Crippen molar-refractivity contribution in [2.24, 2.45) is 11.7 Å². The van der Waals surface area contributed by atoms with Crippen LogP contribution in [-0.2, 0) is 13.1 Å². The van der Waals surface area contributed by atoms with Crippen LogP contribution in [0.15, 0.2) is 4.52 Å². The summed E-state index contributed by atoms with van der Waals surface area (Å²) in [6.07, 6.45) is 4.04. The minimum absolute atomic E-state index is 0.324. The Bertz CT molecular complexity index is 401.